The van der Waals surface area contributed by atoms with Gasteiger partial charge in [0.25, 0.3) is 0 Å². The number of hydrogen-bond acceptors (Lipinski definition) is 5. The zero-order chi connectivity index (χ0) is 22.2. The van der Waals surface area contributed by atoms with Gasteiger partial charge in [-0.05, 0) is 28.3 Å². The summed E-state index contributed by atoms with van der Waals surface area (Å²) >= 11 is 0. The van der Waals surface area contributed by atoms with E-state index in [1.54, 1.807) is 6.07 Å². The summed E-state index contributed by atoms with van der Waals surface area (Å²) in [7, 11) is 0. The van der Waals surface area contributed by atoms with Gasteiger partial charge in [0.05, 0.1) is 22.9 Å². The van der Waals surface area contributed by atoms with Crippen LogP contribution in [0.3, 0.4) is 0 Å². The van der Waals surface area contributed by atoms with Crippen molar-refractivity contribution in [2.45, 2.75) is 11.3 Å². The van der Waals surface area contributed by atoms with Gasteiger partial charge in [-0.3, -0.25) is 9.59 Å². The van der Waals surface area contributed by atoms with Crippen LogP contribution in [0.25, 0.3) is 0 Å². The Bertz CT molecular complexity index is 1270. The fraction of sp³-hybridized carbons (Fsp3) is 0.160. The first-order valence-corrected chi connectivity index (χ1v) is 10.4. The lowest BCUT2D eigenvalue weighted by molar-refractivity contribution is -0.991. The van der Waals surface area contributed by atoms with Gasteiger partial charge in [-0.25, -0.2) is 10.1 Å². The van der Waals surface area contributed by atoms with E-state index in [1.807, 2.05) is 48.5 Å². The second-order valence-corrected chi connectivity index (χ2v) is 8.51. The number of rotatable bonds is 3. The molecule has 32 heavy (non-hydrogen) atoms. The molecule has 2 amide bonds. The highest BCUT2D eigenvalue weighted by atomic mass is 16.8. The molecule has 2 N–H and O–H groups in total. The summed E-state index contributed by atoms with van der Waals surface area (Å²) in [6.45, 7) is 0. The van der Waals surface area contributed by atoms with Crippen LogP contribution < -0.4 is 10.1 Å². The summed E-state index contributed by atoms with van der Waals surface area (Å²) in [5.41, 5.74) is 2.24. The molecule has 0 spiro atoms. The van der Waals surface area contributed by atoms with Gasteiger partial charge in [-0.2, -0.15) is 5.23 Å². The van der Waals surface area contributed by atoms with Crippen molar-refractivity contribution in [2.75, 3.05) is 4.90 Å². The number of nitrogens with one attached hydrogen (secondary N) is 1. The summed E-state index contributed by atoms with van der Waals surface area (Å²) in [6.07, 6.45) is 0.820. The second kappa shape index (κ2) is 6.43. The van der Waals surface area contributed by atoms with E-state index in [0.717, 1.165) is 33.4 Å². The molecule has 4 aliphatic rings. The minimum Gasteiger partial charge on any atom is -0.595 e. The van der Waals surface area contributed by atoms with Gasteiger partial charge < -0.3 is 10.0 Å². The molecule has 0 radical (unpaired) electrons. The van der Waals surface area contributed by atoms with Crippen LogP contribution in [0.1, 0.15) is 28.2 Å². The summed E-state index contributed by atoms with van der Waals surface area (Å²) in [6, 6.07) is 20.8. The van der Waals surface area contributed by atoms with Crippen LogP contribution in [-0.2, 0) is 19.8 Å². The van der Waals surface area contributed by atoms with Crippen LogP contribution in [-0.4, -0.2) is 23.3 Å². The molecule has 1 heterocycles. The molecule has 3 aromatic carbocycles. The van der Waals surface area contributed by atoms with Crippen LogP contribution in [0.5, 0.6) is 0 Å². The van der Waals surface area contributed by atoms with Crippen LogP contribution in [0.4, 0.5) is 11.4 Å². The molecule has 7 nitrogen and oxygen atoms in total. The summed E-state index contributed by atoms with van der Waals surface area (Å²) in [5, 5.41) is 19.7. The molecule has 1 aliphatic heterocycles. The average Bonchev–Trinajstić information content (AvgIpc) is 3.10. The van der Waals surface area contributed by atoms with Crippen molar-refractivity contribution >= 4 is 29.5 Å². The van der Waals surface area contributed by atoms with Crippen molar-refractivity contribution in [1.29, 1.82) is 0 Å². The number of benzene rings is 3. The Morgan fingerprint density at radius 1 is 0.906 bits per heavy atom. The number of hydrogen-bond donors (Lipinski definition) is 2. The lowest BCUT2D eigenvalue weighted by atomic mass is 9.48. The molecule has 1 unspecified atom stereocenters. The van der Waals surface area contributed by atoms with Crippen LogP contribution >= 0.6 is 0 Å². The van der Waals surface area contributed by atoms with Gasteiger partial charge in [0.2, 0.25) is 11.8 Å². The predicted molar refractivity (Wildman–Crippen MR) is 113 cm³/mol. The monoisotopic (exact) mass is 426 g/mol. The topological polar surface area (TPSA) is 102 Å². The Morgan fingerprint density at radius 2 is 1.53 bits per heavy atom. The number of carbonyl (C=O) groups excluding carboxylic acids is 3. The van der Waals surface area contributed by atoms with Gasteiger partial charge in [0.1, 0.15) is 6.29 Å². The maximum Gasteiger partial charge on any atom is 0.239 e. The van der Waals surface area contributed by atoms with E-state index in [9.17, 15) is 24.8 Å². The Morgan fingerprint density at radius 3 is 2.12 bits per heavy atom. The van der Waals surface area contributed by atoms with Crippen molar-refractivity contribution in [2.24, 2.45) is 11.8 Å². The number of carbonyl (C=O) groups is 3. The molecule has 3 aromatic rings. The van der Waals surface area contributed by atoms with Crippen LogP contribution in [0.2, 0.25) is 0 Å². The highest BCUT2D eigenvalue weighted by molar-refractivity contribution is 6.25. The average molecular weight is 426 g/mol. The van der Waals surface area contributed by atoms with E-state index in [4.69, 9.17) is 0 Å². The smallest absolute Gasteiger partial charge is 0.239 e. The highest BCUT2D eigenvalue weighted by Crippen LogP contribution is 2.63. The van der Waals surface area contributed by atoms with Gasteiger partial charge in [0, 0.05) is 18.1 Å². The molecule has 3 aliphatic carbocycles. The summed E-state index contributed by atoms with van der Waals surface area (Å²) in [4.78, 5) is 41.5. The normalized spacial score (nSPS) is 28.2. The number of anilines is 1. The zero-order valence-electron chi connectivity index (χ0n) is 16.8. The molecule has 7 rings (SSSR count). The molecule has 0 aromatic heterocycles. The molecule has 0 saturated carbocycles. The van der Waals surface area contributed by atoms with E-state index in [2.05, 4.69) is 0 Å². The molecular weight excluding hydrogens is 408 g/mol. The van der Waals surface area contributed by atoms with Gasteiger partial charge >= 0.3 is 0 Å². The quantitative estimate of drug-likeness (QED) is 0.378. The van der Waals surface area contributed by atoms with Crippen molar-refractivity contribution < 1.29 is 24.8 Å². The Balaban J connectivity index is 1.61. The Labute approximate surface area is 183 Å². The third-order valence-electron chi connectivity index (χ3n) is 7.22. The molecule has 2 bridgehead atoms. The number of nitrogens with zero attached hydrogens (tertiary/aromatic N) is 1. The lowest BCUT2D eigenvalue weighted by Gasteiger charge is -2.51. The number of aldehydes is 1. The van der Waals surface area contributed by atoms with E-state index in [1.165, 1.54) is 18.2 Å². The maximum atomic E-state index is 13.8. The summed E-state index contributed by atoms with van der Waals surface area (Å²) in [5.74, 6) is -2.83. The van der Waals surface area contributed by atoms with Crippen molar-refractivity contribution in [3.63, 3.8) is 0 Å². The predicted octanol–water partition coefficient (Wildman–Crippen LogP) is 1.84. The van der Waals surface area contributed by atoms with E-state index < -0.39 is 34.3 Å². The molecule has 7 heteroatoms. The largest absolute Gasteiger partial charge is 0.595 e. The fourth-order valence-electron chi connectivity index (χ4n) is 6.06. The summed E-state index contributed by atoms with van der Waals surface area (Å²) < 4.78 is 0. The second-order valence-electron chi connectivity index (χ2n) is 8.51. The zero-order valence-corrected chi connectivity index (χ0v) is 16.8. The Hall–Kier alpha value is -3.65. The van der Waals surface area contributed by atoms with Crippen molar-refractivity contribution in [3.8, 4) is 0 Å². The first-order chi connectivity index (χ1) is 15.5. The SMILES string of the molecule is O=CC12c3ccccc3C(c3ccccc31)[C@H]1C(=O)N(c3cccc([NH+]([O-])O)c3)C(=O)[C@@H]12. The van der Waals surface area contributed by atoms with Crippen molar-refractivity contribution in [3.05, 3.63) is 100 Å². The third kappa shape index (κ3) is 2.12. The molecule has 1 fully saturated rings. The van der Waals surface area contributed by atoms with Crippen LogP contribution in [0.15, 0.2) is 72.8 Å². The van der Waals surface area contributed by atoms with E-state index >= 15 is 0 Å². The highest BCUT2D eigenvalue weighted by Gasteiger charge is 2.68. The molecule has 158 valence electrons. The van der Waals surface area contributed by atoms with E-state index in [-0.39, 0.29) is 17.3 Å². The molecule has 3 atom stereocenters. The number of imide groups is 1. The first kappa shape index (κ1) is 19.1. The lowest BCUT2D eigenvalue weighted by Crippen LogP contribution is -2.99. The Kier molecular flexibility index (Phi) is 3.83. The third-order valence-corrected chi connectivity index (χ3v) is 7.22. The van der Waals surface area contributed by atoms with Gasteiger partial charge in [-0.15, -0.1) is 0 Å². The van der Waals surface area contributed by atoms with Crippen molar-refractivity contribution in [1.82, 2.24) is 0 Å². The van der Waals surface area contributed by atoms with Gasteiger partial charge in [0.15, 0.2) is 5.69 Å². The first-order valence-electron chi connectivity index (χ1n) is 10.4. The van der Waals surface area contributed by atoms with Crippen LogP contribution in [0, 0.1) is 17.0 Å². The minimum absolute atomic E-state index is 0.0161. The molecule has 1 saturated heterocycles. The minimum atomic E-state index is -1.27. The number of quaternary nitrogens is 1. The number of amides is 2. The maximum absolute atomic E-state index is 13.8. The van der Waals surface area contributed by atoms with E-state index in [0.29, 0.717) is 0 Å². The van der Waals surface area contributed by atoms with Gasteiger partial charge in [-0.1, -0.05) is 54.6 Å². The standard InChI is InChI=1S/C25H18N2O5/c28-13-25-18-10-3-1-8-16(18)20(17-9-2-4-11-19(17)25)21-22(25)24(30)26(23(21)29)14-6-5-7-15(12-14)27(31)32/h1-13,20-22,27,31H/t20?,21-,22-,25?/m1/s1. The molecular formula is C25H18N2O5. The fourth-order valence-corrected chi connectivity index (χ4v) is 6.06.